The van der Waals surface area contributed by atoms with Crippen LogP contribution in [0.2, 0.25) is 0 Å². The van der Waals surface area contributed by atoms with Gasteiger partial charge in [-0.2, -0.15) is 0 Å². The molecule has 59 heavy (non-hydrogen) atoms. The Morgan fingerprint density at radius 2 is 1.07 bits per heavy atom. The van der Waals surface area contributed by atoms with Crippen LogP contribution < -0.4 is 0 Å². The molecular weight excluding hydrogens is 725 g/mol. The Bertz CT molecular complexity index is 1480. The fourth-order valence-corrected chi connectivity index (χ4v) is 17.8. The zero-order valence-corrected chi connectivity index (χ0v) is 40.1. The van der Waals surface area contributed by atoms with Crippen molar-refractivity contribution in [2.45, 2.75) is 248 Å². The monoisotopic (exact) mass is 823 g/mol. The molecule has 0 aromatic carbocycles. The summed E-state index contributed by atoms with van der Waals surface area (Å²) in [7, 11) is 0. The number of allylic oxidation sites excluding steroid dienone is 1. The van der Waals surface area contributed by atoms with Gasteiger partial charge in [-0.15, -0.1) is 0 Å². The molecule has 8 rings (SSSR count). The predicted octanol–water partition coefficient (Wildman–Crippen LogP) is 13.7. The molecule has 0 saturated heterocycles. The van der Waals surface area contributed by atoms with E-state index in [1.807, 2.05) is 34.6 Å². The van der Waals surface area contributed by atoms with Gasteiger partial charge in [-0.25, -0.2) is 0 Å². The van der Waals surface area contributed by atoms with E-state index < -0.39 is 22.4 Å². The van der Waals surface area contributed by atoms with E-state index in [-0.39, 0.29) is 7.43 Å². The maximum atomic E-state index is 10.7. The van der Waals surface area contributed by atoms with Crippen molar-refractivity contribution in [2.75, 3.05) is 0 Å². The average molecular weight is 823 g/mol. The van der Waals surface area contributed by atoms with E-state index in [4.69, 9.17) is 0 Å². The van der Waals surface area contributed by atoms with Crippen LogP contribution in [0.3, 0.4) is 0 Å². The van der Waals surface area contributed by atoms with Gasteiger partial charge in [0.2, 0.25) is 0 Å². The summed E-state index contributed by atoms with van der Waals surface area (Å²) in [5.74, 6) is 9.09. The summed E-state index contributed by atoms with van der Waals surface area (Å²) >= 11 is 0. The summed E-state index contributed by atoms with van der Waals surface area (Å²) in [6, 6.07) is 0. The normalized spacial score (nSPS) is 48.9. The lowest BCUT2D eigenvalue weighted by Gasteiger charge is -2.62. The zero-order chi connectivity index (χ0) is 42.5. The molecular formula is C55H98O4. The Morgan fingerprint density at radius 3 is 1.61 bits per heavy atom. The van der Waals surface area contributed by atoms with Crippen molar-refractivity contribution in [3.05, 3.63) is 11.6 Å². The predicted molar refractivity (Wildman–Crippen MR) is 248 cm³/mol. The molecule has 342 valence electrons. The first-order valence-electron chi connectivity index (χ1n) is 25.3. The number of rotatable bonds is 8. The van der Waals surface area contributed by atoms with Gasteiger partial charge < -0.3 is 20.4 Å². The zero-order valence-electron chi connectivity index (χ0n) is 40.1. The van der Waals surface area contributed by atoms with Gasteiger partial charge >= 0.3 is 0 Å². The molecule has 0 spiro atoms. The van der Waals surface area contributed by atoms with Crippen molar-refractivity contribution >= 4 is 0 Å². The molecule has 0 aromatic rings. The number of fused-ring (bicyclic) bond motifs is 10. The summed E-state index contributed by atoms with van der Waals surface area (Å²) in [6.45, 7) is 27.3. The van der Waals surface area contributed by atoms with Crippen LogP contribution in [-0.2, 0) is 0 Å². The van der Waals surface area contributed by atoms with Crippen molar-refractivity contribution in [1.29, 1.82) is 0 Å². The van der Waals surface area contributed by atoms with Crippen LogP contribution in [0.5, 0.6) is 0 Å². The minimum atomic E-state index is -0.536. The topological polar surface area (TPSA) is 80.9 Å². The lowest BCUT2D eigenvalue weighted by molar-refractivity contribution is -0.148. The first-order chi connectivity index (χ1) is 26.7. The van der Waals surface area contributed by atoms with Crippen LogP contribution in [0, 0.1) is 86.8 Å². The standard InChI is InChI=1S/C27H48O2.C27H46O2.CH4/c2*1-18(11-13-24(2,3)28)21-9-10-22-20-8-7-19-17-25(4,29)15-16-26(19,5)23(20)12-14-27(21,22)6;/h18-23,28-29H,7-17H2,1-6H3;7,18,20-23,28-29H,8-17H2,1-6H3;1H4/t18-,19+,20+,21-,22+,23+,25+,26+,27-;18-,20+,21-,22+,23+,25+,26+,27-;/m11./s1. The molecule has 4 nitrogen and oxygen atoms in total. The average Bonchev–Trinajstić information content (AvgIpc) is 3.66. The van der Waals surface area contributed by atoms with E-state index in [0.717, 1.165) is 104 Å². The van der Waals surface area contributed by atoms with E-state index in [0.29, 0.717) is 27.6 Å². The molecule has 0 amide bonds. The second kappa shape index (κ2) is 16.5. The Morgan fingerprint density at radius 1 is 0.576 bits per heavy atom. The Labute approximate surface area is 365 Å². The van der Waals surface area contributed by atoms with Crippen LogP contribution in [-0.4, -0.2) is 42.8 Å². The summed E-state index contributed by atoms with van der Waals surface area (Å²) in [6.07, 6.45) is 28.3. The van der Waals surface area contributed by atoms with Crippen molar-refractivity contribution in [3.8, 4) is 0 Å². The molecule has 8 aliphatic rings. The van der Waals surface area contributed by atoms with Gasteiger partial charge in [-0.05, 0) is 263 Å². The van der Waals surface area contributed by atoms with Crippen LogP contribution in [0.4, 0.5) is 0 Å². The molecule has 17 atom stereocenters. The van der Waals surface area contributed by atoms with Gasteiger partial charge in [0.1, 0.15) is 0 Å². The first-order valence-corrected chi connectivity index (χ1v) is 25.3. The summed E-state index contributed by atoms with van der Waals surface area (Å²) < 4.78 is 0. The van der Waals surface area contributed by atoms with E-state index in [9.17, 15) is 20.4 Å². The van der Waals surface area contributed by atoms with Crippen molar-refractivity contribution in [3.63, 3.8) is 0 Å². The molecule has 8 aliphatic carbocycles. The highest BCUT2D eigenvalue weighted by molar-refractivity contribution is 5.27. The van der Waals surface area contributed by atoms with Crippen molar-refractivity contribution in [2.24, 2.45) is 86.8 Å². The fourth-order valence-electron chi connectivity index (χ4n) is 17.8. The Kier molecular flexibility index (Phi) is 13.5. The summed E-state index contributed by atoms with van der Waals surface area (Å²) in [5.41, 5.74) is 1.41. The van der Waals surface area contributed by atoms with Gasteiger partial charge in [-0.3, -0.25) is 0 Å². The number of hydrogen-bond donors (Lipinski definition) is 4. The van der Waals surface area contributed by atoms with E-state index >= 15 is 0 Å². The van der Waals surface area contributed by atoms with Gasteiger partial charge in [0.05, 0.1) is 22.4 Å². The van der Waals surface area contributed by atoms with E-state index in [1.54, 1.807) is 5.57 Å². The van der Waals surface area contributed by atoms with Crippen LogP contribution in [0.15, 0.2) is 11.6 Å². The molecule has 0 bridgehead atoms. The first kappa shape index (κ1) is 48.0. The third kappa shape index (κ3) is 9.13. The van der Waals surface area contributed by atoms with Gasteiger partial charge in [0.25, 0.3) is 0 Å². The highest BCUT2D eigenvalue weighted by Gasteiger charge is 2.62. The Balaban J connectivity index is 0.000000195. The maximum Gasteiger partial charge on any atom is 0.0657 e. The number of hydrogen-bond acceptors (Lipinski definition) is 4. The quantitative estimate of drug-likeness (QED) is 0.184. The summed E-state index contributed by atoms with van der Waals surface area (Å²) in [5, 5.41) is 41.8. The summed E-state index contributed by atoms with van der Waals surface area (Å²) in [4.78, 5) is 0. The second-order valence-corrected chi connectivity index (χ2v) is 26.4. The highest BCUT2D eigenvalue weighted by Crippen LogP contribution is 2.70. The van der Waals surface area contributed by atoms with Crippen molar-refractivity contribution < 1.29 is 20.4 Å². The lowest BCUT2D eigenvalue weighted by atomic mass is 9.43. The van der Waals surface area contributed by atoms with Crippen LogP contribution >= 0.6 is 0 Å². The molecule has 7 fully saturated rings. The SMILES string of the molecule is C.C[C@H](CCC(C)(C)O)[C@H]1CC[C@H]2[C@@H]3CC=C4C[C@@](C)(O)CC[C@]4(C)[C@H]3CC[C@]12C.C[C@H](CCC(C)(C)O)[C@H]1CC[C@H]2[C@@H]3CC[C@H]4C[C@@](C)(O)CC[C@]4(C)[C@H]3CC[C@]12C. The Hall–Kier alpha value is -0.420. The van der Waals surface area contributed by atoms with Gasteiger partial charge in [-0.1, -0.05) is 60.6 Å². The van der Waals surface area contributed by atoms with Crippen LogP contribution in [0.1, 0.15) is 225 Å². The van der Waals surface area contributed by atoms with Crippen LogP contribution in [0.25, 0.3) is 0 Å². The smallest absolute Gasteiger partial charge is 0.0657 e. The molecule has 7 saturated carbocycles. The maximum absolute atomic E-state index is 10.7. The fraction of sp³-hybridized carbons (Fsp3) is 0.964. The van der Waals surface area contributed by atoms with Crippen molar-refractivity contribution in [1.82, 2.24) is 0 Å². The number of aliphatic hydroxyl groups is 4. The molecule has 0 heterocycles. The largest absolute Gasteiger partial charge is 0.390 e. The molecule has 0 radical (unpaired) electrons. The minimum absolute atomic E-state index is 0. The third-order valence-electron chi connectivity index (χ3n) is 21.3. The lowest BCUT2D eigenvalue weighted by Crippen LogP contribution is -2.55. The third-order valence-corrected chi connectivity index (χ3v) is 21.3. The molecule has 0 unspecified atom stereocenters. The van der Waals surface area contributed by atoms with E-state index in [1.165, 1.54) is 89.9 Å². The molecule has 4 N–H and O–H groups in total. The van der Waals surface area contributed by atoms with Gasteiger partial charge in [0.15, 0.2) is 0 Å². The second-order valence-electron chi connectivity index (χ2n) is 26.4. The highest BCUT2D eigenvalue weighted by atomic mass is 16.3. The minimum Gasteiger partial charge on any atom is -0.390 e. The molecule has 4 heteroatoms. The molecule has 0 aromatic heterocycles. The van der Waals surface area contributed by atoms with E-state index in [2.05, 4.69) is 54.5 Å². The van der Waals surface area contributed by atoms with Gasteiger partial charge in [0, 0.05) is 0 Å². The molecule has 0 aliphatic heterocycles.